The van der Waals surface area contributed by atoms with E-state index in [1.54, 1.807) is 0 Å². The summed E-state index contributed by atoms with van der Waals surface area (Å²) >= 11 is 6.05. The fourth-order valence-electron chi connectivity index (χ4n) is 3.84. The normalized spacial score (nSPS) is 20.3. The molecule has 0 aromatic heterocycles. The van der Waals surface area contributed by atoms with E-state index in [4.69, 9.17) is 11.6 Å². The van der Waals surface area contributed by atoms with E-state index in [-0.39, 0.29) is 6.03 Å². The molecule has 1 saturated heterocycles. The third-order valence-corrected chi connectivity index (χ3v) is 5.68. The predicted molar refractivity (Wildman–Crippen MR) is 103 cm³/mol. The Kier molecular flexibility index (Phi) is 7.00. The van der Waals surface area contributed by atoms with Crippen molar-refractivity contribution in [2.45, 2.75) is 51.0 Å². The number of nitrogens with zero attached hydrogens (tertiary/aromatic N) is 2. The summed E-state index contributed by atoms with van der Waals surface area (Å²) in [6.45, 7) is 4.60. The number of piperazine rings is 1. The minimum atomic E-state index is 0.140. The summed E-state index contributed by atoms with van der Waals surface area (Å²) in [7, 11) is 0. The highest BCUT2D eigenvalue weighted by molar-refractivity contribution is 6.30. The third-order valence-electron chi connectivity index (χ3n) is 5.45. The molecule has 3 rings (SSSR count). The summed E-state index contributed by atoms with van der Waals surface area (Å²) in [5.74, 6) is 0. The van der Waals surface area contributed by atoms with Crippen LogP contribution in [0.5, 0.6) is 0 Å². The fraction of sp³-hybridized carbons (Fsp3) is 0.650. The number of amides is 2. The average Bonchev–Trinajstić information content (AvgIpc) is 2.89. The molecule has 4 nitrogen and oxygen atoms in total. The number of carbonyl (C=O) groups excluding carboxylic acids is 1. The van der Waals surface area contributed by atoms with Crippen LogP contribution in [0.3, 0.4) is 0 Å². The van der Waals surface area contributed by atoms with Gasteiger partial charge in [-0.3, -0.25) is 4.90 Å². The second-order valence-electron chi connectivity index (χ2n) is 7.35. The average molecular weight is 364 g/mol. The van der Waals surface area contributed by atoms with Gasteiger partial charge in [0.15, 0.2) is 0 Å². The molecule has 5 heteroatoms. The van der Waals surface area contributed by atoms with Gasteiger partial charge in [-0.2, -0.15) is 0 Å². The molecular weight excluding hydrogens is 334 g/mol. The molecule has 1 aliphatic heterocycles. The molecule has 1 aromatic carbocycles. The molecule has 0 unspecified atom stereocenters. The number of nitrogens with one attached hydrogen (secondary N) is 1. The van der Waals surface area contributed by atoms with E-state index >= 15 is 0 Å². The van der Waals surface area contributed by atoms with E-state index in [0.717, 1.165) is 57.0 Å². The molecule has 2 aliphatic rings. The van der Waals surface area contributed by atoms with Crippen LogP contribution in [0.2, 0.25) is 5.02 Å². The molecule has 0 spiro atoms. The number of carbonyl (C=O) groups is 1. The van der Waals surface area contributed by atoms with Gasteiger partial charge in [-0.15, -0.1) is 0 Å². The van der Waals surface area contributed by atoms with Crippen molar-refractivity contribution >= 4 is 17.6 Å². The molecule has 2 fully saturated rings. The van der Waals surface area contributed by atoms with Crippen molar-refractivity contribution in [3.05, 3.63) is 34.9 Å². The second kappa shape index (κ2) is 9.44. The zero-order valence-electron chi connectivity index (χ0n) is 15.1. The van der Waals surface area contributed by atoms with Gasteiger partial charge < -0.3 is 10.2 Å². The summed E-state index contributed by atoms with van der Waals surface area (Å²) in [6, 6.07) is 8.61. The zero-order chi connectivity index (χ0) is 17.5. The summed E-state index contributed by atoms with van der Waals surface area (Å²) in [4.78, 5) is 16.9. The monoisotopic (exact) mass is 363 g/mol. The van der Waals surface area contributed by atoms with E-state index in [9.17, 15) is 4.79 Å². The van der Waals surface area contributed by atoms with Gasteiger partial charge in [0.25, 0.3) is 0 Å². The van der Waals surface area contributed by atoms with Crippen LogP contribution in [0.4, 0.5) is 4.79 Å². The number of hydrogen-bond acceptors (Lipinski definition) is 2. The predicted octanol–water partition coefficient (Wildman–Crippen LogP) is 3.93. The Labute approximate surface area is 156 Å². The molecule has 1 aliphatic carbocycles. The van der Waals surface area contributed by atoms with Gasteiger partial charge in [0.1, 0.15) is 0 Å². The largest absolute Gasteiger partial charge is 0.335 e. The summed E-state index contributed by atoms with van der Waals surface area (Å²) in [6.07, 6.45) is 8.44. The molecule has 2 amide bonds. The van der Waals surface area contributed by atoms with Crippen LogP contribution < -0.4 is 5.32 Å². The maximum Gasteiger partial charge on any atom is 0.317 e. The third kappa shape index (κ3) is 5.89. The van der Waals surface area contributed by atoms with Crippen LogP contribution in [0, 0.1) is 0 Å². The van der Waals surface area contributed by atoms with Crippen LogP contribution in [0.1, 0.15) is 44.1 Å². The second-order valence-corrected chi connectivity index (χ2v) is 7.78. The first-order chi connectivity index (χ1) is 12.2. The van der Waals surface area contributed by atoms with E-state index in [1.165, 1.54) is 31.2 Å². The van der Waals surface area contributed by atoms with Gasteiger partial charge in [-0.25, -0.2) is 4.79 Å². The Balaban J connectivity index is 1.38. The topological polar surface area (TPSA) is 35.6 Å². The molecule has 1 saturated carbocycles. The minimum Gasteiger partial charge on any atom is -0.335 e. The van der Waals surface area contributed by atoms with Crippen molar-refractivity contribution < 1.29 is 4.79 Å². The van der Waals surface area contributed by atoms with E-state index < -0.39 is 0 Å². The van der Waals surface area contributed by atoms with Crippen LogP contribution in [-0.4, -0.2) is 54.6 Å². The molecule has 0 atom stereocenters. The first kappa shape index (κ1) is 18.5. The van der Waals surface area contributed by atoms with Gasteiger partial charge >= 0.3 is 6.03 Å². The Morgan fingerprint density at radius 3 is 2.48 bits per heavy atom. The SMILES string of the molecule is O=C(NC1CCCCCC1)N1CCN(CCc2cccc(Cl)c2)CC1. The maximum atomic E-state index is 12.5. The lowest BCUT2D eigenvalue weighted by atomic mass is 10.1. The summed E-state index contributed by atoms with van der Waals surface area (Å²) < 4.78 is 0. The van der Waals surface area contributed by atoms with Crippen LogP contribution in [0.15, 0.2) is 24.3 Å². The van der Waals surface area contributed by atoms with Crippen molar-refractivity contribution in [3.63, 3.8) is 0 Å². The Morgan fingerprint density at radius 2 is 1.80 bits per heavy atom. The molecular formula is C20H30ClN3O. The molecule has 0 bridgehead atoms. The van der Waals surface area contributed by atoms with E-state index in [2.05, 4.69) is 16.3 Å². The first-order valence-electron chi connectivity index (χ1n) is 9.73. The maximum absolute atomic E-state index is 12.5. The molecule has 0 radical (unpaired) electrons. The summed E-state index contributed by atoms with van der Waals surface area (Å²) in [5.41, 5.74) is 1.28. The lowest BCUT2D eigenvalue weighted by Gasteiger charge is -2.35. The number of urea groups is 1. The lowest BCUT2D eigenvalue weighted by Crippen LogP contribution is -2.53. The Bertz CT molecular complexity index is 550. The number of benzene rings is 1. The highest BCUT2D eigenvalue weighted by atomic mass is 35.5. The van der Waals surface area contributed by atoms with Crippen molar-refractivity contribution in [3.8, 4) is 0 Å². The molecule has 138 valence electrons. The van der Waals surface area contributed by atoms with Gasteiger partial charge in [0.05, 0.1) is 0 Å². The van der Waals surface area contributed by atoms with Crippen molar-refractivity contribution in [1.29, 1.82) is 0 Å². The van der Waals surface area contributed by atoms with Crippen LogP contribution in [-0.2, 0) is 6.42 Å². The van der Waals surface area contributed by atoms with E-state index in [1.807, 2.05) is 23.1 Å². The smallest absolute Gasteiger partial charge is 0.317 e. The Hall–Kier alpha value is -1.26. The van der Waals surface area contributed by atoms with Gasteiger partial charge in [-0.05, 0) is 37.0 Å². The minimum absolute atomic E-state index is 0.140. The van der Waals surface area contributed by atoms with Crippen LogP contribution >= 0.6 is 11.6 Å². The first-order valence-corrected chi connectivity index (χ1v) is 10.1. The number of rotatable bonds is 4. The van der Waals surface area contributed by atoms with Gasteiger partial charge in [0.2, 0.25) is 0 Å². The quantitative estimate of drug-likeness (QED) is 0.822. The van der Waals surface area contributed by atoms with Crippen molar-refractivity contribution in [2.24, 2.45) is 0 Å². The molecule has 1 aromatic rings. The van der Waals surface area contributed by atoms with Crippen LogP contribution in [0.25, 0.3) is 0 Å². The zero-order valence-corrected chi connectivity index (χ0v) is 15.8. The molecule has 1 heterocycles. The van der Waals surface area contributed by atoms with Gasteiger partial charge in [-0.1, -0.05) is 49.4 Å². The van der Waals surface area contributed by atoms with Crippen molar-refractivity contribution in [1.82, 2.24) is 15.1 Å². The lowest BCUT2D eigenvalue weighted by molar-refractivity contribution is 0.137. The fourth-order valence-corrected chi connectivity index (χ4v) is 4.06. The Morgan fingerprint density at radius 1 is 1.08 bits per heavy atom. The number of halogens is 1. The van der Waals surface area contributed by atoms with E-state index in [0.29, 0.717) is 6.04 Å². The molecule has 1 N–H and O–H groups in total. The summed E-state index contributed by atoms with van der Waals surface area (Å²) in [5, 5.41) is 4.06. The highest BCUT2D eigenvalue weighted by Gasteiger charge is 2.23. The standard InChI is InChI=1S/C20H30ClN3O/c21-18-7-5-6-17(16-18)10-11-23-12-14-24(15-13-23)20(25)22-19-8-3-1-2-4-9-19/h5-7,16,19H,1-4,8-15H2,(H,22,25). The molecule has 25 heavy (non-hydrogen) atoms. The highest BCUT2D eigenvalue weighted by Crippen LogP contribution is 2.18. The number of hydrogen-bond donors (Lipinski definition) is 1. The van der Waals surface area contributed by atoms with Crippen molar-refractivity contribution in [2.75, 3.05) is 32.7 Å². The van der Waals surface area contributed by atoms with Gasteiger partial charge in [0, 0.05) is 43.8 Å².